The van der Waals surface area contributed by atoms with Crippen LogP contribution in [0.5, 0.6) is 0 Å². The van der Waals surface area contributed by atoms with Crippen molar-refractivity contribution >= 4 is 5.82 Å². The van der Waals surface area contributed by atoms with Crippen molar-refractivity contribution in [1.29, 1.82) is 0 Å². The lowest BCUT2D eigenvalue weighted by Gasteiger charge is -2.26. The summed E-state index contributed by atoms with van der Waals surface area (Å²) in [5, 5.41) is 7.75. The summed E-state index contributed by atoms with van der Waals surface area (Å²) in [5.74, 6) is 3.90. The Morgan fingerprint density at radius 1 is 1.08 bits per heavy atom. The van der Waals surface area contributed by atoms with Gasteiger partial charge in [-0.1, -0.05) is 6.42 Å². The lowest BCUT2D eigenvalue weighted by molar-refractivity contribution is 0.274. The molecule has 0 aromatic carbocycles. The van der Waals surface area contributed by atoms with Gasteiger partial charge in [0.05, 0.1) is 6.54 Å². The molecule has 3 aliphatic rings. The minimum Gasteiger partial charge on any atom is -0.427 e. The molecule has 0 spiro atoms. The van der Waals surface area contributed by atoms with E-state index in [1.54, 1.807) is 6.33 Å². The Kier molecular flexibility index (Phi) is 3.47. The monoisotopic (exact) mass is 326 g/mol. The summed E-state index contributed by atoms with van der Waals surface area (Å²) >= 11 is 0. The van der Waals surface area contributed by atoms with E-state index in [0.29, 0.717) is 23.6 Å². The van der Waals surface area contributed by atoms with E-state index >= 15 is 0 Å². The first-order chi connectivity index (χ1) is 11.8. The van der Waals surface area contributed by atoms with Gasteiger partial charge >= 0.3 is 0 Å². The predicted molar refractivity (Wildman–Crippen MR) is 87.4 cm³/mol. The third kappa shape index (κ3) is 2.56. The van der Waals surface area contributed by atoms with Crippen LogP contribution < -0.4 is 4.90 Å². The van der Waals surface area contributed by atoms with Crippen LogP contribution in [0.15, 0.2) is 23.2 Å². The molecule has 0 radical (unpaired) electrons. The van der Waals surface area contributed by atoms with Gasteiger partial charge in [-0.2, -0.15) is 0 Å². The van der Waals surface area contributed by atoms with Crippen LogP contribution in [0.1, 0.15) is 36.8 Å². The summed E-state index contributed by atoms with van der Waals surface area (Å²) in [6, 6.07) is 2.22. The molecule has 0 amide bonds. The zero-order valence-electron chi connectivity index (χ0n) is 13.7. The molecule has 1 aliphatic carbocycles. The van der Waals surface area contributed by atoms with E-state index in [4.69, 9.17) is 4.42 Å². The molecule has 5 rings (SSSR count). The molecule has 0 bridgehead atoms. The van der Waals surface area contributed by atoms with Crippen LogP contribution in [-0.2, 0) is 6.54 Å². The number of aromatic nitrogens is 4. The standard InChI is InChI=1S/C17H22N6O/c1-2-12(3-1)15-4-16(19-10-18-15)23-7-13-5-22(6-14(13)8-23)9-17-21-20-11-24-17/h4,10-14H,1-3,5-9H2. The fraction of sp³-hybridized carbons (Fsp3) is 0.647. The molecule has 126 valence electrons. The number of hydrogen-bond acceptors (Lipinski definition) is 7. The van der Waals surface area contributed by atoms with Gasteiger partial charge in [0.25, 0.3) is 0 Å². The average Bonchev–Trinajstić information content (AvgIpc) is 3.22. The number of rotatable bonds is 4. The molecule has 7 heteroatoms. The predicted octanol–water partition coefficient (Wildman–Crippen LogP) is 1.70. The molecule has 2 aliphatic heterocycles. The maximum Gasteiger partial charge on any atom is 0.230 e. The number of anilines is 1. The minimum absolute atomic E-state index is 0.666. The number of likely N-dealkylation sites (tertiary alicyclic amines) is 1. The molecule has 7 nitrogen and oxygen atoms in total. The molecule has 2 unspecified atom stereocenters. The Labute approximate surface area is 141 Å². The Morgan fingerprint density at radius 3 is 2.58 bits per heavy atom. The van der Waals surface area contributed by atoms with Crippen molar-refractivity contribution < 1.29 is 4.42 Å². The topological polar surface area (TPSA) is 71.2 Å². The summed E-state index contributed by atoms with van der Waals surface area (Å²) < 4.78 is 5.27. The average molecular weight is 326 g/mol. The zero-order valence-corrected chi connectivity index (χ0v) is 13.7. The lowest BCUT2D eigenvalue weighted by atomic mass is 9.83. The summed E-state index contributed by atoms with van der Waals surface area (Å²) in [7, 11) is 0. The molecular formula is C17H22N6O. The molecule has 4 heterocycles. The number of nitrogens with zero attached hydrogens (tertiary/aromatic N) is 6. The number of fused-ring (bicyclic) bond motifs is 1. The summed E-state index contributed by atoms with van der Waals surface area (Å²) in [6.07, 6.45) is 7.06. The highest BCUT2D eigenvalue weighted by molar-refractivity contribution is 5.42. The quantitative estimate of drug-likeness (QED) is 0.846. The van der Waals surface area contributed by atoms with Crippen LogP contribution in [-0.4, -0.2) is 51.2 Å². The molecule has 3 fully saturated rings. The van der Waals surface area contributed by atoms with E-state index in [9.17, 15) is 0 Å². The molecule has 2 aromatic heterocycles. The van der Waals surface area contributed by atoms with E-state index in [1.165, 1.54) is 31.4 Å². The van der Waals surface area contributed by atoms with Crippen LogP contribution in [0.25, 0.3) is 0 Å². The maximum absolute atomic E-state index is 5.27. The molecular weight excluding hydrogens is 304 g/mol. The van der Waals surface area contributed by atoms with Crippen molar-refractivity contribution in [3.05, 3.63) is 30.4 Å². The second kappa shape index (κ2) is 5.81. The highest BCUT2D eigenvalue weighted by Crippen LogP contribution is 2.37. The second-order valence-corrected chi connectivity index (χ2v) is 7.38. The van der Waals surface area contributed by atoms with Crippen LogP contribution in [0.2, 0.25) is 0 Å². The van der Waals surface area contributed by atoms with Crippen LogP contribution in [0.4, 0.5) is 5.82 Å². The van der Waals surface area contributed by atoms with E-state index in [1.807, 2.05) is 0 Å². The van der Waals surface area contributed by atoms with Crippen LogP contribution in [0, 0.1) is 11.8 Å². The fourth-order valence-corrected chi connectivity index (χ4v) is 4.32. The van der Waals surface area contributed by atoms with Gasteiger partial charge in [-0.15, -0.1) is 10.2 Å². The maximum atomic E-state index is 5.27. The normalized spacial score (nSPS) is 27.4. The SMILES string of the molecule is c1nc(C2CCC2)cc(N2CC3CN(Cc4nnco4)CC3C2)n1. The first-order valence-corrected chi connectivity index (χ1v) is 8.89. The summed E-state index contributed by atoms with van der Waals surface area (Å²) in [6.45, 7) is 5.15. The minimum atomic E-state index is 0.666. The van der Waals surface area contributed by atoms with Gasteiger partial charge in [0.1, 0.15) is 12.1 Å². The van der Waals surface area contributed by atoms with Crippen molar-refractivity contribution in [3.8, 4) is 0 Å². The fourth-order valence-electron chi connectivity index (χ4n) is 4.32. The molecule has 24 heavy (non-hydrogen) atoms. The molecule has 0 N–H and O–H groups in total. The Hall–Kier alpha value is -2.02. The van der Waals surface area contributed by atoms with Gasteiger partial charge in [0.15, 0.2) is 0 Å². The van der Waals surface area contributed by atoms with Gasteiger partial charge in [0.2, 0.25) is 12.3 Å². The van der Waals surface area contributed by atoms with E-state index in [2.05, 4.69) is 36.0 Å². The molecule has 1 saturated carbocycles. The summed E-state index contributed by atoms with van der Waals surface area (Å²) in [4.78, 5) is 13.9. The van der Waals surface area contributed by atoms with E-state index in [-0.39, 0.29) is 0 Å². The third-order valence-electron chi connectivity index (χ3n) is 5.85. The smallest absolute Gasteiger partial charge is 0.230 e. The van der Waals surface area contributed by atoms with Gasteiger partial charge in [-0.05, 0) is 24.7 Å². The van der Waals surface area contributed by atoms with E-state index < -0.39 is 0 Å². The molecule has 2 aromatic rings. The van der Waals surface area contributed by atoms with Crippen molar-refractivity contribution in [2.24, 2.45) is 11.8 Å². The first kappa shape index (κ1) is 14.3. The van der Waals surface area contributed by atoms with Crippen molar-refractivity contribution in [2.75, 3.05) is 31.1 Å². The van der Waals surface area contributed by atoms with Crippen LogP contribution >= 0.6 is 0 Å². The third-order valence-corrected chi connectivity index (χ3v) is 5.85. The van der Waals surface area contributed by atoms with Crippen LogP contribution in [0.3, 0.4) is 0 Å². The van der Waals surface area contributed by atoms with E-state index in [0.717, 1.165) is 38.5 Å². The Balaban J connectivity index is 1.23. The number of hydrogen-bond donors (Lipinski definition) is 0. The van der Waals surface area contributed by atoms with Gasteiger partial charge in [-0.3, -0.25) is 4.90 Å². The lowest BCUT2D eigenvalue weighted by Crippen LogP contribution is -2.29. The molecule has 2 saturated heterocycles. The first-order valence-electron chi connectivity index (χ1n) is 8.89. The highest BCUT2D eigenvalue weighted by atomic mass is 16.4. The van der Waals surface area contributed by atoms with Gasteiger partial charge < -0.3 is 9.32 Å². The Morgan fingerprint density at radius 2 is 1.92 bits per heavy atom. The van der Waals surface area contributed by atoms with Gasteiger partial charge in [-0.25, -0.2) is 9.97 Å². The largest absolute Gasteiger partial charge is 0.427 e. The summed E-state index contributed by atoms with van der Waals surface area (Å²) in [5.41, 5.74) is 1.24. The highest BCUT2D eigenvalue weighted by Gasteiger charge is 2.40. The Bertz CT molecular complexity index is 687. The van der Waals surface area contributed by atoms with Crippen molar-refractivity contribution in [1.82, 2.24) is 25.1 Å². The van der Waals surface area contributed by atoms with Gasteiger partial charge in [0, 0.05) is 43.9 Å². The van der Waals surface area contributed by atoms with Crippen molar-refractivity contribution in [3.63, 3.8) is 0 Å². The zero-order chi connectivity index (χ0) is 15.9. The molecule has 2 atom stereocenters. The van der Waals surface area contributed by atoms with Crippen molar-refractivity contribution in [2.45, 2.75) is 31.7 Å². The second-order valence-electron chi connectivity index (χ2n) is 7.38.